The third kappa shape index (κ3) is 0.832. The van der Waals surface area contributed by atoms with Gasteiger partial charge in [-0.1, -0.05) is 30.3 Å². The van der Waals surface area contributed by atoms with E-state index in [1.165, 1.54) is 5.56 Å². The van der Waals surface area contributed by atoms with Crippen LogP contribution >= 0.6 is 0 Å². The molecule has 48 valence electrons. The van der Waals surface area contributed by atoms with Crippen LogP contribution in [-0.4, -0.2) is 0 Å². The van der Waals surface area contributed by atoms with Crippen molar-refractivity contribution in [2.75, 3.05) is 0 Å². The first-order chi connectivity index (χ1) is 4.97. The fourth-order valence-corrected chi connectivity index (χ4v) is 1.15. The van der Waals surface area contributed by atoms with E-state index in [9.17, 15) is 0 Å². The molecule has 1 aromatic carbocycles. The van der Waals surface area contributed by atoms with Crippen molar-refractivity contribution < 1.29 is 0 Å². The SMILES string of the molecule is [C+]1=CC(c2ccccc2)C1. The molecule has 0 spiro atoms. The molecule has 0 heterocycles. The Bertz CT molecular complexity index is 233. The van der Waals surface area contributed by atoms with Gasteiger partial charge in [-0.05, 0) is 5.56 Å². The molecule has 1 aliphatic rings. The first kappa shape index (κ1) is 5.64. The molecule has 0 nitrogen and oxygen atoms in total. The summed E-state index contributed by atoms with van der Waals surface area (Å²) in [5.41, 5.74) is 1.42. The normalized spacial score (nSPS) is 21.4. The third-order valence-corrected chi connectivity index (χ3v) is 1.88. The molecule has 0 N–H and O–H groups in total. The van der Waals surface area contributed by atoms with E-state index in [1.807, 2.05) is 0 Å². The lowest BCUT2D eigenvalue weighted by Gasteiger charge is -2.05. The van der Waals surface area contributed by atoms with Gasteiger partial charge in [0, 0.05) is 0 Å². The van der Waals surface area contributed by atoms with Crippen LogP contribution in [0.15, 0.2) is 36.4 Å². The summed E-state index contributed by atoms with van der Waals surface area (Å²) in [6.07, 6.45) is 6.37. The second-order valence-electron chi connectivity index (χ2n) is 2.59. The summed E-state index contributed by atoms with van der Waals surface area (Å²) >= 11 is 0. The highest BCUT2D eigenvalue weighted by molar-refractivity contribution is 5.26. The molecule has 1 atom stereocenters. The van der Waals surface area contributed by atoms with Gasteiger partial charge in [0.25, 0.3) is 0 Å². The molecule has 1 unspecified atom stereocenters. The maximum atomic E-state index is 3.13. The van der Waals surface area contributed by atoms with E-state index in [2.05, 4.69) is 42.5 Å². The maximum Gasteiger partial charge on any atom is 0.220 e. The Morgan fingerprint density at radius 2 is 1.90 bits per heavy atom. The Kier molecular flexibility index (Phi) is 1.26. The molecule has 0 amide bonds. The summed E-state index contributed by atoms with van der Waals surface area (Å²) < 4.78 is 0. The van der Waals surface area contributed by atoms with Crippen LogP contribution in [-0.2, 0) is 0 Å². The van der Waals surface area contributed by atoms with Gasteiger partial charge in [-0.15, -0.1) is 0 Å². The largest absolute Gasteiger partial charge is 0.220 e. The van der Waals surface area contributed by atoms with Gasteiger partial charge in [0.05, 0.1) is 0 Å². The van der Waals surface area contributed by atoms with Gasteiger partial charge in [-0.25, -0.2) is 0 Å². The van der Waals surface area contributed by atoms with Gasteiger partial charge in [-0.3, -0.25) is 0 Å². The summed E-state index contributed by atoms with van der Waals surface area (Å²) in [6, 6.07) is 10.6. The number of hydrogen-bond donors (Lipinski definition) is 0. The zero-order valence-electron chi connectivity index (χ0n) is 5.75. The van der Waals surface area contributed by atoms with Crippen LogP contribution in [0, 0.1) is 6.08 Å². The number of hydrogen-bond acceptors (Lipinski definition) is 0. The van der Waals surface area contributed by atoms with Crippen LogP contribution in [0.3, 0.4) is 0 Å². The molecule has 0 aliphatic heterocycles. The maximum absolute atomic E-state index is 3.13. The van der Waals surface area contributed by atoms with Crippen molar-refractivity contribution in [3.63, 3.8) is 0 Å². The standard InChI is InChI=1S/C10H9/c1-2-5-9(6-3-1)10-7-4-8-10/h1-3,5-7,10H,8H2/q+1. The van der Waals surface area contributed by atoms with Gasteiger partial charge in [0.15, 0.2) is 12.5 Å². The average Bonchev–Trinajstić information content (AvgIpc) is 1.86. The van der Waals surface area contributed by atoms with E-state index in [-0.39, 0.29) is 0 Å². The molecule has 0 fully saturated rings. The fraction of sp³-hybridized carbons (Fsp3) is 0.200. The molecule has 0 saturated carbocycles. The van der Waals surface area contributed by atoms with Crippen molar-refractivity contribution in [3.05, 3.63) is 48.0 Å². The summed E-state index contributed by atoms with van der Waals surface area (Å²) in [5, 5.41) is 0. The quantitative estimate of drug-likeness (QED) is 0.511. The van der Waals surface area contributed by atoms with Crippen molar-refractivity contribution in [2.45, 2.75) is 12.3 Å². The number of rotatable bonds is 1. The Hall–Kier alpha value is -1.13. The molecule has 0 saturated heterocycles. The zero-order valence-corrected chi connectivity index (χ0v) is 5.75. The van der Waals surface area contributed by atoms with Crippen molar-refractivity contribution in [3.8, 4) is 0 Å². The highest BCUT2D eigenvalue weighted by atomic mass is 14.1. The molecule has 1 aromatic rings. The highest BCUT2D eigenvalue weighted by Crippen LogP contribution is 2.27. The Balaban J connectivity index is 2.26. The lowest BCUT2D eigenvalue weighted by Crippen LogP contribution is -2.00. The Morgan fingerprint density at radius 1 is 1.20 bits per heavy atom. The lowest BCUT2D eigenvalue weighted by atomic mass is 9.88. The van der Waals surface area contributed by atoms with E-state index in [4.69, 9.17) is 0 Å². The second kappa shape index (κ2) is 2.24. The van der Waals surface area contributed by atoms with Crippen LogP contribution < -0.4 is 0 Å². The van der Waals surface area contributed by atoms with E-state index >= 15 is 0 Å². The molecule has 1 aliphatic carbocycles. The van der Waals surface area contributed by atoms with Gasteiger partial charge >= 0.3 is 0 Å². The second-order valence-corrected chi connectivity index (χ2v) is 2.59. The van der Waals surface area contributed by atoms with Crippen LogP contribution in [0.5, 0.6) is 0 Å². The van der Waals surface area contributed by atoms with Gasteiger partial charge in [0.1, 0.15) is 5.92 Å². The van der Waals surface area contributed by atoms with Crippen LogP contribution in [0.4, 0.5) is 0 Å². The Morgan fingerprint density at radius 3 is 2.40 bits per heavy atom. The fourth-order valence-electron chi connectivity index (χ4n) is 1.15. The van der Waals surface area contributed by atoms with Crippen LogP contribution in [0.2, 0.25) is 0 Å². The van der Waals surface area contributed by atoms with E-state index in [0.717, 1.165) is 6.42 Å². The van der Waals surface area contributed by atoms with Crippen molar-refractivity contribution in [2.24, 2.45) is 0 Å². The van der Waals surface area contributed by atoms with Gasteiger partial charge < -0.3 is 0 Å². The summed E-state index contributed by atoms with van der Waals surface area (Å²) in [7, 11) is 0. The molecular weight excluding hydrogens is 120 g/mol. The molecule has 10 heavy (non-hydrogen) atoms. The topological polar surface area (TPSA) is 0 Å². The monoisotopic (exact) mass is 129 g/mol. The van der Waals surface area contributed by atoms with Crippen molar-refractivity contribution >= 4 is 0 Å². The lowest BCUT2D eigenvalue weighted by molar-refractivity contribution is 0.770. The first-order valence-corrected chi connectivity index (χ1v) is 3.58. The molecule has 0 bridgehead atoms. The molecular formula is C10H9+. The summed E-state index contributed by atoms with van der Waals surface area (Å²) in [6.45, 7) is 0. The van der Waals surface area contributed by atoms with E-state index in [1.54, 1.807) is 0 Å². The third-order valence-electron chi connectivity index (χ3n) is 1.88. The van der Waals surface area contributed by atoms with Crippen molar-refractivity contribution in [1.29, 1.82) is 0 Å². The predicted octanol–water partition coefficient (Wildman–Crippen LogP) is 2.53. The van der Waals surface area contributed by atoms with E-state index < -0.39 is 0 Å². The van der Waals surface area contributed by atoms with Gasteiger partial charge in [-0.2, -0.15) is 0 Å². The van der Waals surface area contributed by atoms with Gasteiger partial charge in [0.2, 0.25) is 6.08 Å². The molecule has 0 radical (unpaired) electrons. The van der Waals surface area contributed by atoms with Crippen molar-refractivity contribution in [1.82, 2.24) is 0 Å². The first-order valence-electron chi connectivity index (χ1n) is 3.58. The minimum absolute atomic E-state index is 0.654. The van der Waals surface area contributed by atoms with Crippen LogP contribution in [0.1, 0.15) is 17.9 Å². The molecule has 0 aromatic heterocycles. The summed E-state index contributed by atoms with van der Waals surface area (Å²) in [4.78, 5) is 0. The zero-order chi connectivity index (χ0) is 6.81. The Labute approximate surface area is 61.2 Å². The molecule has 0 heteroatoms. The van der Waals surface area contributed by atoms with Crippen LogP contribution in [0.25, 0.3) is 0 Å². The number of benzene rings is 1. The number of allylic oxidation sites excluding steroid dienone is 2. The summed E-state index contributed by atoms with van der Waals surface area (Å²) in [5.74, 6) is 0.654. The smallest absolute Gasteiger partial charge is 0.0622 e. The highest BCUT2D eigenvalue weighted by Gasteiger charge is 2.24. The average molecular weight is 129 g/mol. The van der Waals surface area contributed by atoms with E-state index in [0.29, 0.717) is 5.92 Å². The minimum Gasteiger partial charge on any atom is -0.0622 e. The minimum atomic E-state index is 0.654. The predicted molar refractivity (Wildman–Crippen MR) is 41.6 cm³/mol. The molecule has 2 rings (SSSR count).